The zero-order chi connectivity index (χ0) is 30.0. The molecule has 0 spiro atoms. The molecule has 0 saturated heterocycles. The predicted octanol–water partition coefficient (Wildman–Crippen LogP) is 10.2. The first-order chi connectivity index (χ1) is 22.3. The van der Waals surface area contributed by atoms with Crippen LogP contribution in [-0.2, 0) is 0 Å². The Kier molecular flexibility index (Phi) is 6.78. The lowest BCUT2D eigenvalue weighted by molar-refractivity contribution is 0.766. The third kappa shape index (κ3) is 5.30. The first-order valence-corrected chi connectivity index (χ1v) is 15.0. The maximum absolute atomic E-state index is 5.03. The van der Waals surface area contributed by atoms with Gasteiger partial charge in [-0.05, 0) is 86.5 Å². The summed E-state index contributed by atoms with van der Waals surface area (Å²) in [7, 11) is 0. The largest absolute Gasteiger partial charge is 0.265 e. The summed E-state index contributed by atoms with van der Waals surface area (Å²) in [6.07, 6.45) is 3.62. The lowest BCUT2D eigenvalue weighted by Gasteiger charge is -2.09. The molecule has 0 radical (unpaired) electrons. The van der Waals surface area contributed by atoms with Crippen molar-refractivity contribution in [2.75, 3.05) is 0 Å². The van der Waals surface area contributed by atoms with Gasteiger partial charge in [0.15, 0.2) is 0 Å². The molecule has 0 aliphatic rings. The van der Waals surface area contributed by atoms with Crippen LogP contribution in [0.4, 0.5) is 0 Å². The highest BCUT2D eigenvalue weighted by molar-refractivity contribution is 5.96. The Bertz CT molecular complexity index is 2200. The zero-order valence-electron chi connectivity index (χ0n) is 24.5. The van der Waals surface area contributed by atoms with Gasteiger partial charge in [0.05, 0.1) is 5.69 Å². The van der Waals surface area contributed by atoms with Crippen LogP contribution < -0.4 is 0 Å². The molecule has 0 unspecified atom stereocenters. The minimum absolute atomic E-state index is 0.847. The van der Waals surface area contributed by atoms with E-state index in [0.717, 1.165) is 50.1 Å². The molecule has 0 aliphatic carbocycles. The lowest BCUT2D eigenvalue weighted by Crippen LogP contribution is -1.98. The average Bonchev–Trinajstić information content (AvgIpc) is 3.57. The molecule has 0 atom stereocenters. The zero-order valence-corrected chi connectivity index (χ0v) is 24.5. The second-order valence-electron chi connectivity index (χ2n) is 11.1. The van der Waals surface area contributed by atoms with Crippen LogP contribution in [0, 0.1) is 0 Å². The summed E-state index contributed by atoms with van der Waals surface area (Å²) in [5.41, 5.74) is 14.0. The molecule has 0 N–H and O–H groups in total. The van der Waals surface area contributed by atoms with E-state index in [9.17, 15) is 0 Å². The quantitative estimate of drug-likeness (QED) is 0.198. The standard InChI is InChI=1S/C41H28N4/c1-3-7-29(8-4-1)31-11-13-34(14-12-31)37-27-39(36-17-15-32(16-18-36)30-9-5-2-6-10-30)41-40(28-37)43-45(44-41)38-21-19-33(20-22-38)35-23-25-42-26-24-35/h1-28H. The highest BCUT2D eigenvalue weighted by Crippen LogP contribution is 2.35. The fourth-order valence-electron chi connectivity index (χ4n) is 5.81. The normalized spacial score (nSPS) is 11.1. The second kappa shape index (κ2) is 11.5. The van der Waals surface area contributed by atoms with Gasteiger partial charge < -0.3 is 0 Å². The number of hydrogen-bond acceptors (Lipinski definition) is 3. The van der Waals surface area contributed by atoms with E-state index in [1.807, 2.05) is 36.7 Å². The van der Waals surface area contributed by atoms with Crippen LogP contribution in [0.1, 0.15) is 0 Å². The Morgan fingerprint density at radius 2 is 0.800 bits per heavy atom. The minimum atomic E-state index is 0.847. The SMILES string of the molecule is c1ccc(-c2ccc(-c3cc(-c4ccc(-c5ccccc5)cc4)c4nn(-c5ccc(-c6ccncc6)cc5)nc4c3)cc2)cc1. The van der Waals surface area contributed by atoms with E-state index >= 15 is 0 Å². The van der Waals surface area contributed by atoms with Gasteiger partial charge in [-0.25, -0.2) is 0 Å². The summed E-state index contributed by atoms with van der Waals surface area (Å²) in [6.45, 7) is 0. The maximum Gasteiger partial charge on any atom is 0.121 e. The van der Waals surface area contributed by atoms with Crippen molar-refractivity contribution < 1.29 is 0 Å². The van der Waals surface area contributed by atoms with Gasteiger partial charge in [0, 0.05) is 18.0 Å². The summed E-state index contributed by atoms with van der Waals surface area (Å²) in [5.74, 6) is 0. The molecule has 45 heavy (non-hydrogen) atoms. The Morgan fingerprint density at radius 1 is 0.356 bits per heavy atom. The molecule has 6 aromatic carbocycles. The van der Waals surface area contributed by atoms with Gasteiger partial charge in [0.25, 0.3) is 0 Å². The van der Waals surface area contributed by atoms with Gasteiger partial charge in [-0.1, -0.05) is 121 Å². The molecule has 0 amide bonds. The summed E-state index contributed by atoms with van der Waals surface area (Å²) in [6, 6.07) is 55.1. The van der Waals surface area contributed by atoms with E-state index in [4.69, 9.17) is 10.2 Å². The van der Waals surface area contributed by atoms with E-state index in [2.05, 4.69) is 138 Å². The summed E-state index contributed by atoms with van der Waals surface area (Å²) >= 11 is 0. The molecule has 212 valence electrons. The van der Waals surface area contributed by atoms with Gasteiger partial charge >= 0.3 is 0 Å². The minimum Gasteiger partial charge on any atom is -0.265 e. The molecule has 0 saturated carbocycles. The molecule has 0 aliphatic heterocycles. The number of aromatic nitrogens is 4. The number of nitrogens with zero attached hydrogens (tertiary/aromatic N) is 4. The second-order valence-corrected chi connectivity index (χ2v) is 11.1. The Hall–Kier alpha value is -6.13. The number of rotatable bonds is 6. The van der Waals surface area contributed by atoms with E-state index in [0.29, 0.717) is 0 Å². The van der Waals surface area contributed by atoms with Crippen LogP contribution in [-0.4, -0.2) is 20.0 Å². The van der Waals surface area contributed by atoms with Crippen molar-refractivity contribution in [2.45, 2.75) is 0 Å². The van der Waals surface area contributed by atoms with Gasteiger partial charge in [0.1, 0.15) is 11.0 Å². The molecule has 2 heterocycles. The van der Waals surface area contributed by atoms with Crippen molar-refractivity contribution in [3.8, 4) is 61.3 Å². The Labute approximate surface area is 261 Å². The highest BCUT2D eigenvalue weighted by atomic mass is 15.5. The van der Waals surface area contributed by atoms with E-state index in [1.54, 1.807) is 4.80 Å². The molecular weight excluding hydrogens is 548 g/mol. The van der Waals surface area contributed by atoms with Gasteiger partial charge in [0.2, 0.25) is 0 Å². The number of benzene rings is 6. The van der Waals surface area contributed by atoms with Crippen molar-refractivity contribution in [1.29, 1.82) is 0 Å². The number of hydrogen-bond donors (Lipinski definition) is 0. The maximum atomic E-state index is 5.03. The fraction of sp³-hybridized carbons (Fsp3) is 0. The smallest absolute Gasteiger partial charge is 0.121 e. The van der Waals surface area contributed by atoms with Gasteiger partial charge in [-0.2, -0.15) is 4.80 Å². The van der Waals surface area contributed by atoms with Crippen LogP contribution in [0.25, 0.3) is 72.4 Å². The molecule has 8 aromatic rings. The Morgan fingerprint density at radius 3 is 1.36 bits per heavy atom. The highest BCUT2D eigenvalue weighted by Gasteiger charge is 2.15. The van der Waals surface area contributed by atoms with E-state index in [1.165, 1.54) is 22.3 Å². The predicted molar refractivity (Wildman–Crippen MR) is 184 cm³/mol. The lowest BCUT2D eigenvalue weighted by atomic mass is 9.95. The number of fused-ring (bicyclic) bond motifs is 1. The molecule has 2 aromatic heterocycles. The Balaban J connectivity index is 1.22. The van der Waals surface area contributed by atoms with E-state index < -0.39 is 0 Å². The van der Waals surface area contributed by atoms with Crippen LogP contribution in [0.2, 0.25) is 0 Å². The molecule has 4 nitrogen and oxygen atoms in total. The third-order valence-electron chi connectivity index (χ3n) is 8.23. The van der Waals surface area contributed by atoms with Crippen molar-refractivity contribution in [2.24, 2.45) is 0 Å². The van der Waals surface area contributed by atoms with Crippen LogP contribution in [0.5, 0.6) is 0 Å². The van der Waals surface area contributed by atoms with Gasteiger partial charge in [-0.15, -0.1) is 10.2 Å². The summed E-state index contributed by atoms with van der Waals surface area (Å²) < 4.78 is 0. The molecule has 0 bridgehead atoms. The first-order valence-electron chi connectivity index (χ1n) is 15.0. The van der Waals surface area contributed by atoms with Crippen LogP contribution >= 0.6 is 0 Å². The molecular formula is C41H28N4. The number of pyridine rings is 1. The van der Waals surface area contributed by atoms with Gasteiger partial charge in [-0.3, -0.25) is 4.98 Å². The summed E-state index contributed by atoms with van der Waals surface area (Å²) in [5, 5.41) is 10.0. The first kappa shape index (κ1) is 26.5. The van der Waals surface area contributed by atoms with Crippen molar-refractivity contribution in [3.63, 3.8) is 0 Å². The summed E-state index contributed by atoms with van der Waals surface area (Å²) in [4.78, 5) is 5.88. The fourth-order valence-corrected chi connectivity index (χ4v) is 5.81. The molecule has 4 heteroatoms. The molecule has 8 rings (SSSR count). The third-order valence-corrected chi connectivity index (χ3v) is 8.23. The van der Waals surface area contributed by atoms with Crippen molar-refractivity contribution in [3.05, 3.63) is 170 Å². The van der Waals surface area contributed by atoms with Crippen molar-refractivity contribution in [1.82, 2.24) is 20.0 Å². The van der Waals surface area contributed by atoms with Crippen molar-refractivity contribution >= 4 is 11.0 Å². The monoisotopic (exact) mass is 576 g/mol. The van der Waals surface area contributed by atoms with E-state index in [-0.39, 0.29) is 0 Å². The molecule has 0 fully saturated rings. The van der Waals surface area contributed by atoms with Crippen LogP contribution in [0.15, 0.2) is 170 Å². The average molecular weight is 577 g/mol. The topological polar surface area (TPSA) is 43.6 Å². The van der Waals surface area contributed by atoms with Crippen LogP contribution in [0.3, 0.4) is 0 Å².